The van der Waals surface area contributed by atoms with Gasteiger partial charge >= 0.3 is 0 Å². The minimum absolute atomic E-state index is 0. The van der Waals surface area contributed by atoms with Gasteiger partial charge in [-0.3, -0.25) is 4.99 Å². The van der Waals surface area contributed by atoms with E-state index in [-0.39, 0.29) is 24.0 Å². The molecule has 0 unspecified atom stereocenters. The number of nitrogens with zero attached hydrogens (tertiary/aromatic N) is 1. The van der Waals surface area contributed by atoms with E-state index in [4.69, 9.17) is 13.9 Å². The lowest BCUT2D eigenvalue weighted by Crippen LogP contribution is -2.36. The molecule has 0 amide bonds. The van der Waals surface area contributed by atoms with Crippen molar-refractivity contribution in [2.24, 2.45) is 4.99 Å². The highest BCUT2D eigenvalue weighted by Crippen LogP contribution is 2.30. The standard InChI is InChI=1S/C22H25N3O3.HI/c1-15-17-6-3-4-7-18(17)28-21(15)14-25-22(23-2)24-13-16-8-9-19-20(12-16)27-11-5-10-26-19;/h3-4,6-9,12H,5,10-11,13-14H2,1-2H3,(H2,23,24,25);1H. The van der Waals surface area contributed by atoms with Crippen LogP contribution in [0.5, 0.6) is 11.5 Å². The number of para-hydroxylation sites is 1. The Balaban J connectivity index is 0.00000240. The fraction of sp³-hybridized carbons (Fsp3) is 0.318. The molecule has 0 spiro atoms. The zero-order valence-electron chi connectivity index (χ0n) is 16.7. The van der Waals surface area contributed by atoms with E-state index >= 15 is 0 Å². The second kappa shape index (κ2) is 9.87. The Hall–Kier alpha value is -2.42. The van der Waals surface area contributed by atoms with Crippen LogP contribution in [0.4, 0.5) is 0 Å². The van der Waals surface area contributed by atoms with E-state index in [1.165, 1.54) is 0 Å². The van der Waals surface area contributed by atoms with Crippen molar-refractivity contribution in [3.8, 4) is 11.5 Å². The Kier molecular flexibility index (Phi) is 7.24. The molecule has 0 radical (unpaired) electrons. The first-order valence-corrected chi connectivity index (χ1v) is 9.54. The molecule has 29 heavy (non-hydrogen) atoms. The fourth-order valence-corrected chi connectivity index (χ4v) is 3.28. The molecule has 0 atom stereocenters. The van der Waals surface area contributed by atoms with Gasteiger partial charge < -0.3 is 24.5 Å². The zero-order chi connectivity index (χ0) is 19.3. The molecule has 0 bridgehead atoms. The lowest BCUT2D eigenvalue weighted by atomic mass is 10.1. The van der Waals surface area contributed by atoms with Gasteiger partial charge in [0.2, 0.25) is 0 Å². The molecule has 7 heteroatoms. The van der Waals surface area contributed by atoms with Crippen molar-refractivity contribution in [2.75, 3.05) is 20.3 Å². The maximum absolute atomic E-state index is 5.95. The van der Waals surface area contributed by atoms with Crippen LogP contribution < -0.4 is 20.1 Å². The quantitative estimate of drug-likeness (QED) is 0.312. The predicted octanol–water partition coefficient (Wildman–Crippen LogP) is 4.39. The summed E-state index contributed by atoms with van der Waals surface area (Å²) in [5.74, 6) is 3.24. The third-order valence-electron chi connectivity index (χ3n) is 4.85. The van der Waals surface area contributed by atoms with Gasteiger partial charge in [0, 0.05) is 31.0 Å². The van der Waals surface area contributed by atoms with E-state index in [9.17, 15) is 0 Å². The summed E-state index contributed by atoms with van der Waals surface area (Å²) in [7, 11) is 1.76. The van der Waals surface area contributed by atoms with Gasteiger partial charge in [0.25, 0.3) is 0 Å². The molecule has 2 aromatic carbocycles. The Labute approximate surface area is 187 Å². The summed E-state index contributed by atoms with van der Waals surface area (Å²) >= 11 is 0. The van der Waals surface area contributed by atoms with Crippen molar-refractivity contribution in [1.82, 2.24) is 10.6 Å². The third-order valence-corrected chi connectivity index (χ3v) is 4.85. The van der Waals surface area contributed by atoms with Gasteiger partial charge in [-0.15, -0.1) is 24.0 Å². The van der Waals surface area contributed by atoms with E-state index in [0.717, 1.165) is 45.8 Å². The van der Waals surface area contributed by atoms with Gasteiger partial charge in [0.1, 0.15) is 11.3 Å². The summed E-state index contributed by atoms with van der Waals surface area (Å²) in [6.07, 6.45) is 0.903. The van der Waals surface area contributed by atoms with Crippen LogP contribution in [-0.4, -0.2) is 26.2 Å². The van der Waals surface area contributed by atoms with Crippen LogP contribution in [0.25, 0.3) is 11.0 Å². The van der Waals surface area contributed by atoms with Crippen molar-refractivity contribution in [2.45, 2.75) is 26.4 Å². The summed E-state index contributed by atoms with van der Waals surface area (Å²) in [6.45, 7) is 4.67. The highest BCUT2D eigenvalue weighted by molar-refractivity contribution is 14.0. The first kappa shape index (κ1) is 21.3. The highest BCUT2D eigenvalue weighted by Gasteiger charge is 2.12. The average molecular weight is 507 g/mol. The predicted molar refractivity (Wildman–Crippen MR) is 125 cm³/mol. The van der Waals surface area contributed by atoms with Crippen LogP contribution in [0, 0.1) is 6.92 Å². The van der Waals surface area contributed by atoms with Gasteiger partial charge in [0.15, 0.2) is 17.5 Å². The molecule has 0 saturated heterocycles. The van der Waals surface area contributed by atoms with E-state index in [1.54, 1.807) is 7.05 Å². The van der Waals surface area contributed by atoms with Crippen molar-refractivity contribution >= 4 is 40.9 Å². The van der Waals surface area contributed by atoms with E-state index < -0.39 is 0 Å². The average Bonchev–Trinajstić information content (AvgIpc) is 2.89. The topological polar surface area (TPSA) is 68.0 Å². The Morgan fingerprint density at radius 3 is 2.55 bits per heavy atom. The third kappa shape index (κ3) is 4.95. The molecule has 0 saturated carbocycles. The number of guanidine groups is 1. The van der Waals surface area contributed by atoms with Crippen molar-refractivity contribution in [3.05, 3.63) is 59.4 Å². The first-order chi connectivity index (χ1) is 13.7. The first-order valence-electron chi connectivity index (χ1n) is 9.54. The number of ether oxygens (including phenoxy) is 2. The number of aliphatic imine (C=N–C) groups is 1. The van der Waals surface area contributed by atoms with Gasteiger partial charge in [-0.2, -0.15) is 0 Å². The lowest BCUT2D eigenvalue weighted by Gasteiger charge is -2.13. The number of hydrogen-bond acceptors (Lipinski definition) is 4. The summed E-state index contributed by atoms with van der Waals surface area (Å²) in [6, 6.07) is 14.1. The summed E-state index contributed by atoms with van der Waals surface area (Å²) in [4.78, 5) is 4.30. The SMILES string of the molecule is CN=C(NCc1ccc2c(c1)OCCCO2)NCc1oc2ccccc2c1C.I. The largest absolute Gasteiger partial charge is 0.490 e. The number of hydrogen-bond donors (Lipinski definition) is 2. The maximum atomic E-state index is 5.95. The van der Waals surface area contributed by atoms with Crippen molar-refractivity contribution < 1.29 is 13.9 Å². The molecule has 1 aliphatic rings. The second-order valence-corrected chi connectivity index (χ2v) is 6.76. The Morgan fingerprint density at radius 1 is 1.00 bits per heavy atom. The van der Waals surface area contributed by atoms with Crippen LogP contribution in [0.3, 0.4) is 0 Å². The van der Waals surface area contributed by atoms with Gasteiger partial charge in [0.05, 0.1) is 19.8 Å². The normalized spacial score (nSPS) is 13.5. The van der Waals surface area contributed by atoms with Crippen molar-refractivity contribution in [1.29, 1.82) is 0 Å². The number of furan rings is 1. The van der Waals surface area contributed by atoms with E-state index in [0.29, 0.717) is 32.3 Å². The van der Waals surface area contributed by atoms with Gasteiger partial charge in [-0.25, -0.2) is 0 Å². The number of halogens is 1. The number of benzene rings is 2. The fourth-order valence-electron chi connectivity index (χ4n) is 3.28. The molecule has 0 aliphatic carbocycles. The van der Waals surface area contributed by atoms with Crippen LogP contribution in [0.2, 0.25) is 0 Å². The summed E-state index contributed by atoms with van der Waals surface area (Å²) in [5, 5.41) is 7.80. The highest BCUT2D eigenvalue weighted by atomic mass is 127. The molecular weight excluding hydrogens is 481 g/mol. The van der Waals surface area contributed by atoms with E-state index in [1.807, 2.05) is 36.4 Å². The molecular formula is C22H26IN3O3. The monoisotopic (exact) mass is 507 g/mol. The lowest BCUT2D eigenvalue weighted by molar-refractivity contribution is 0.297. The molecule has 154 valence electrons. The zero-order valence-corrected chi connectivity index (χ0v) is 19.0. The Bertz CT molecular complexity index is 1000. The second-order valence-electron chi connectivity index (χ2n) is 6.76. The molecule has 0 fully saturated rings. The molecule has 2 heterocycles. The number of fused-ring (bicyclic) bond motifs is 2. The minimum atomic E-state index is 0. The molecule has 1 aromatic heterocycles. The molecule has 4 rings (SSSR count). The smallest absolute Gasteiger partial charge is 0.191 e. The van der Waals surface area contributed by atoms with E-state index in [2.05, 4.69) is 28.6 Å². The van der Waals surface area contributed by atoms with Crippen LogP contribution in [-0.2, 0) is 13.1 Å². The van der Waals surface area contributed by atoms with Crippen LogP contribution in [0.1, 0.15) is 23.3 Å². The molecule has 3 aromatic rings. The molecule has 1 aliphatic heterocycles. The minimum Gasteiger partial charge on any atom is -0.490 e. The van der Waals surface area contributed by atoms with Gasteiger partial charge in [-0.05, 0) is 30.7 Å². The van der Waals surface area contributed by atoms with Crippen LogP contribution >= 0.6 is 24.0 Å². The van der Waals surface area contributed by atoms with Gasteiger partial charge in [-0.1, -0.05) is 24.3 Å². The number of nitrogens with one attached hydrogen (secondary N) is 2. The summed E-state index contributed by atoms with van der Waals surface area (Å²) in [5.41, 5.74) is 3.17. The number of rotatable bonds is 4. The Morgan fingerprint density at radius 2 is 1.76 bits per heavy atom. The molecule has 2 N–H and O–H groups in total. The summed E-state index contributed by atoms with van der Waals surface area (Å²) < 4.78 is 17.4. The maximum Gasteiger partial charge on any atom is 0.191 e. The molecule has 6 nitrogen and oxygen atoms in total. The number of aryl methyl sites for hydroxylation is 1. The van der Waals surface area contributed by atoms with Crippen molar-refractivity contribution in [3.63, 3.8) is 0 Å². The van der Waals surface area contributed by atoms with Crippen LogP contribution in [0.15, 0.2) is 51.9 Å².